The molecule has 0 aliphatic carbocycles. The first-order chi connectivity index (χ1) is 4.83. The van der Waals surface area contributed by atoms with Gasteiger partial charge in [0.25, 0.3) is 0 Å². The molecule has 1 rings (SSSR count). The summed E-state index contributed by atoms with van der Waals surface area (Å²) < 4.78 is 0. The molecule has 0 atom stereocenters. The maximum absolute atomic E-state index is 2.58. The van der Waals surface area contributed by atoms with Crippen LogP contribution in [0.2, 0.25) is 0 Å². The van der Waals surface area contributed by atoms with Gasteiger partial charge in [-0.15, -0.1) is 0 Å². The smallest absolute Gasteiger partial charge is 0.00162 e. The summed E-state index contributed by atoms with van der Waals surface area (Å²) in [6, 6.07) is 0. The Morgan fingerprint density at radius 1 is 1.27 bits per heavy atom. The van der Waals surface area contributed by atoms with Crippen molar-refractivity contribution in [3.63, 3.8) is 0 Å². The Hall–Kier alpha value is -0.0400. The minimum absolute atomic E-state index is 0. The zero-order valence-corrected chi connectivity index (χ0v) is 7.27. The van der Waals surface area contributed by atoms with Crippen LogP contribution in [0, 0.1) is 5.92 Å². The maximum Gasteiger partial charge on any atom is -0.00162 e. The molecule has 0 radical (unpaired) electrons. The van der Waals surface area contributed by atoms with E-state index in [1.165, 1.54) is 38.9 Å². The normalized spacial score (nSPS) is 21.3. The van der Waals surface area contributed by atoms with Crippen LogP contribution >= 0.6 is 0 Å². The van der Waals surface area contributed by atoms with E-state index >= 15 is 0 Å². The van der Waals surface area contributed by atoms with Crippen molar-refractivity contribution < 1.29 is 0 Å². The lowest BCUT2D eigenvalue weighted by atomic mass is 9.99. The molecular formula is C10H23N. The predicted molar refractivity (Wildman–Crippen MR) is 51.9 cm³/mol. The van der Waals surface area contributed by atoms with Gasteiger partial charge in [0.1, 0.15) is 0 Å². The first kappa shape index (κ1) is 11.0. The number of rotatable bonds is 2. The largest absolute Gasteiger partial charge is 0.303 e. The predicted octanol–water partition coefficient (Wildman–Crippen LogP) is 2.76. The second-order valence-electron chi connectivity index (χ2n) is 3.52. The number of hydrogen-bond donors (Lipinski definition) is 0. The minimum Gasteiger partial charge on any atom is -0.303 e. The Balaban J connectivity index is 0.000001000. The summed E-state index contributed by atoms with van der Waals surface area (Å²) >= 11 is 0. The van der Waals surface area contributed by atoms with Crippen LogP contribution in [0.25, 0.3) is 0 Å². The third-order valence-corrected chi connectivity index (χ3v) is 2.42. The molecular weight excluding hydrogens is 134 g/mol. The molecule has 1 heterocycles. The summed E-state index contributed by atoms with van der Waals surface area (Å²) in [5.41, 5.74) is 0. The lowest BCUT2D eigenvalue weighted by Crippen LogP contribution is -2.33. The van der Waals surface area contributed by atoms with Crippen molar-refractivity contribution in [2.45, 2.75) is 40.5 Å². The van der Waals surface area contributed by atoms with E-state index in [0.717, 1.165) is 5.92 Å². The molecule has 1 aliphatic heterocycles. The molecule has 0 amide bonds. The first-order valence-corrected chi connectivity index (χ1v) is 4.55. The van der Waals surface area contributed by atoms with E-state index in [9.17, 15) is 0 Å². The molecule has 68 valence electrons. The quantitative estimate of drug-likeness (QED) is 0.596. The third kappa shape index (κ3) is 3.76. The van der Waals surface area contributed by atoms with Crippen molar-refractivity contribution in [3.8, 4) is 0 Å². The topological polar surface area (TPSA) is 3.24 Å². The van der Waals surface area contributed by atoms with Crippen LogP contribution in [0.4, 0.5) is 0 Å². The number of hydrogen-bond acceptors (Lipinski definition) is 1. The zero-order chi connectivity index (χ0) is 7.40. The van der Waals surface area contributed by atoms with Gasteiger partial charge >= 0.3 is 0 Å². The Kier molecular flexibility index (Phi) is 5.57. The van der Waals surface area contributed by atoms with Crippen molar-refractivity contribution in [3.05, 3.63) is 0 Å². The average Bonchev–Trinajstić information content (AvgIpc) is 1.95. The van der Waals surface area contributed by atoms with E-state index < -0.39 is 0 Å². The molecule has 1 heteroatoms. The standard InChI is InChI=1S/C9H19N.CH4/c1-3-6-10-7-4-9(2)5-8-10;/h9H,3-8H2,1-2H3;1H4. The van der Waals surface area contributed by atoms with Crippen molar-refractivity contribution in [1.82, 2.24) is 4.90 Å². The van der Waals surface area contributed by atoms with Gasteiger partial charge in [-0.2, -0.15) is 0 Å². The molecule has 0 unspecified atom stereocenters. The highest BCUT2D eigenvalue weighted by Gasteiger charge is 2.13. The van der Waals surface area contributed by atoms with Crippen LogP contribution in [0.1, 0.15) is 40.5 Å². The Morgan fingerprint density at radius 2 is 1.82 bits per heavy atom. The number of piperidine rings is 1. The second-order valence-corrected chi connectivity index (χ2v) is 3.52. The molecule has 0 aromatic heterocycles. The highest BCUT2D eigenvalue weighted by atomic mass is 15.1. The van der Waals surface area contributed by atoms with Gasteiger partial charge in [-0.1, -0.05) is 21.3 Å². The Bertz CT molecular complexity index is 82.9. The molecule has 0 N–H and O–H groups in total. The van der Waals surface area contributed by atoms with E-state index in [1.54, 1.807) is 0 Å². The molecule has 1 fully saturated rings. The number of nitrogens with zero attached hydrogens (tertiary/aromatic N) is 1. The summed E-state index contributed by atoms with van der Waals surface area (Å²) in [5.74, 6) is 0.980. The van der Waals surface area contributed by atoms with Gasteiger partial charge in [-0.25, -0.2) is 0 Å². The van der Waals surface area contributed by atoms with E-state index in [-0.39, 0.29) is 7.43 Å². The molecule has 0 aromatic carbocycles. The van der Waals surface area contributed by atoms with Gasteiger partial charge in [0, 0.05) is 0 Å². The molecule has 0 bridgehead atoms. The zero-order valence-electron chi connectivity index (χ0n) is 7.27. The van der Waals surface area contributed by atoms with E-state index in [4.69, 9.17) is 0 Å². The molecule has 0 spiro atoms. The van der Waals surface area contributed by atoms with Crippen LogP contribution in [-0.2, 0) is 0 Å². The average molecular weight is 157 g/mol. The van der Waals surface area contributed by atoms with E-state index in [2.05, 4.69) is 18.7 Å². The summed E-state index contributed by atoms with van der Waals surface area (Å²) in [6.45, 7) is 8.62. The van der Waals surface area contributed by atoms with Crippen molar-refractivity contribution >= 4 is 0 Å². The van der Waals surface area contributed by atoms with Gasteiger partial charge in [0.05, 0.1) is 0 Å². The fourth-order valence-corrected chi connectivity index (χ4v) is 1.60. The SMILES string of the molecule is C.CCCN1CCC(C)CC1. The van der Waals surface area contributed by atoms with Crippen LogP contribution in [0.5, 0.6) is 0 Å². The highest BCUT2D eigenvalue weighted by molar-refractivity contribution is 4.68. The van der Waals surface area contributed by atoms with Gasteiger partial charge in [-0.05, 0) is 44.8 Å². The highest BCUT2D eigenvalue weighted by Crippen LogP contribution is 2.15. The fraction of sp³-hybridized carbons (Fsp3) is 1.00. The second kappa shape index (κ2) is 5.59. The van der Waals surface area contributed by atoms with Crippen LogP contribution in [0.15, 0.2) is 0 Å². The van der Waals surface area contributed by atoms with Crippen molar-refractivity contribution in [2.75, 3.05) is 19.6 Å². The summed E-state index contributed by atoms with van der Waals surface area (Å²) in [7, 11) is 0. The summed E-state index contributed by atoms with van der Waals surface area (Å²) in [5, 5.41) is 0. The third-order valence-electron chi connectivity index (χ3n) is 2.42. The minimum atomic E-state index is 0. The number of likely N-dealkylation sites (tertiary alicyclic amines) is 1. The summed E-state index contributed by atoms with van der Waals surface area (Å²) in [6.07, 6.45) is 4.15. The van der Waals surface area contributed by atoms with Gasteiger partial charge in [0.2, 0.25) is 0 Å². The molecule has 0 saturated carbocycles. The lowest BCUT2D eigenvalue weighted by molar-refractivity contribution is 0.193. The molecule has 1 nitrogen and oxygen atoms in total. The fourth-order valence-electron chi connectivity index (χ4n) is 1.60. The van der Waals surface area contributed by atoms with Crippen LogP contribution < -0.4 is 0 Å². The maximum atomic E-state index is 2.58. The van der Waals surface area contributed by atoms with Crippen LogP contribution in [-0.4, -0.2) is 24.5 Å². The molecule has 1 saturated heterocycles. The Morgan fingerprint density at radius 3 is 2.27 bits per heavy atom. The van der Waals surface area contributed by atoms with E-state index in [1.807, 2.05) is 0 Å². The first-order valence-electron chi connectivity index (χ1n) is 4.55. The van der Waals surface area contributed by atoms with Gasteiger partial charge in [0.15, 0.2) is 0 Å². The Labute approximate surface area is 71.8 Å². The van der Waals surface area contributed by atoms with Crippen molar-refractivity contribution in [2.24, 2.45) is 5.92 Å². The van der Waals surface area contributed by atoms with E-state index in [0.29, 0.717) is 0 Å². The van der Waals surface area contributed by atoms with Gasteiger partial charge < -0.3 is 4.90 Å². The monoisotopic (exact) mass is 157 g/mol. The molecule has 1 aliphatic rings. The van der Waals surface area contributed by atoms with Gasteiger partial charge in [-0.3, -0.25) is 0 Å². The summed E-state index contributed by atoms with van der Waals surface area (Å²) in [4.78, 5) is 2.58. The van der Waals surface area contributed by atoms with Crippen LogP contribution in [0.3, 0.4) is 0 Å². The molecule has 11 heavy (non-hydrogen) atoms. The molecule has 0 aromatic rings. The lowest BCUT2D eigenvalue weighted by Gasteiger charge is -2.29. The van der Waals surface area contributed by atoms with Crippen molar-refractivity contribution in [1.29, 1.82) is 0 Å².